The maximum atomic E-state index is 12.7. The predicted molar refractivity (Wildman–Crippen MR) is 284 cm³/mol. The Hall–Kier alpha value is -1.51. The highest BCUT2D eigenvalue weighted by Crippen LogP contribution is 2.43. The lowest BCUT2D eigenvalue weighted by atomic mass is 10.0. The quantitative estimate of drug-likeness (QED) is 0.0264. The molecule has 0 fully saturated rings. The molecule has 0 radical (unpaired) electrons. The fraction of sp³-hybridized carbons (Fsp3) is 0.895. The Balaban J connectivity index is 3.94. The van der Waals surface area contributed by atoms with Crippen LogP contribution in [0.2, 0.25) is 0 Å². The average Bonchev–Trinajstić information content (AvgIpc) is 3.32. The molecule has 396 valence electrons. The minimum atomic E-state index is -4.38. The third-order valence-corrected chi connectivity index (χ3v) is 13.8. The highest BCUT2D eigenvalue weighted by atomic mass is 31.2. The Labute approximate surface area is 414 Å². The second-order valence-electron chi connectivity index (χ2n) is 19.5. The smallest absolute Gasteiger partial charge is 0.462 e. The van der Waals surface area contributed by atoms with Crippen molar-refractivity contribution in [1.29, 1.82) is 0 Å². The molecule has 0 aliphatic carbocycles. The summed E-state index contributed by atoms with van der Waals surface area (Å²) in [6.45, 7) is 3.78. The summed E-state index contributed by atoms with van der Waals surface area (Å²) in [7, 11) is -4.38. The van der Waals surface area contributed by atoms with Gasteiger partial charge in [0, 0.05) is 19.4 Å². The van der Waals surface area contributed by atoms with Gasteiger partial charge in [-0.15, -0.1) is 0 Å². The zero-order valence-corrected chi connectivity index (χ0v) is 45.1. The van der Waals surface area contributed by atoms with Crippen LogP contribution in [0.3, 0.4) is 0 Å². The number of phosphoric ester groups is 1. The number of esters is 2. The molecule has 10 heteroatoms. The minimum Gasteiger partial charge on any atom is -0.462 e. The maximum absolute atomic E-state index is 12.7. The number of allylic oxidation sites excluding steroid dienone is 4. The van der Waals surface area contributed by atoms with Gasteiger partial charge in [-0.2, -0.15) is 0 Å². The van der Waals surface area contributed by atoms with Crippen molar-refractivity contribution in [2.24, 2.45) is 5.73 Å². The van der Waals surface area contributed by atoms with Crippen molar-refractivity contribution in [2.75, 3.05) is 26.4 Å². The zero-order chi connectivity index (χ0) is 48.8. The fourth-order valence-electron chi connectivity index (χ4n) is 8.55. The first-order valence-electron chi connectivity index (χ1n) is 28.8. The molecule has 67 heavy (non-hydrogen) atoms. The molecule has 0 aromatic rings. The molecular formula is C57H110NO8P. The number of carbonyl (C=O) groups is 2. The SMILES string of the molecule is CCCCCCC/C=C\C/C=C\CCCCCCCCCCCC(=O)OC(COC(=O)CCCCCCCCCCCCCCCCCCCCCCCCCCC)COP(=O)(O)OCCN. The second kappa shape index (κ2) is 53.8. The van der Waals surface area contributed by atoms with E-state index in [2.05, 4.69) is 38.2 Å². The topological polar surface area (TPSA) is 134 Å². The van der Waals surface area contributed by atoms with Crippen LogP contribution in [0.15, 0.2) is 24.3 Å². The Morgan fingerprint density at radius 2 is 0.776 bits per heavy atom. The van der Waals surface area contributed by atoms with Crippen LogP contribution in [0.25, 0.3) is 0 Å². The number of unbranched alkanes of at least 4 members (excludes halogenated alkanes) is 38. The molecule has 0 aromatic carbocycles. The summed E-state index contributed by atoms with van der Waals surface area (Å²) in [6, 6.07) is 0. The average molecular weight is 968 g/mol. The summed E-state index contributed by atoms with van der Waals surface area (Å²) >= 11 is 0. The van der Waals surface area contributed by atoms with Crippen molar-refractivity contribution in [3.05, 3.63) is 24.3 Å². The van der Waals surface area contributed by atoms with Crippen LogP contribution >= 0.6 is 7.82 Å². The highest BCUT2D eigenvalue weighted by molar-refractivity contribution is 7.47. The van der Waals surface area contributed by atoms with Gasteiger partial charge in [0.1, 0.15) is 6.61 Å². The van der Waals surface area contributed by atoms with Gasteiger partial charge in [0.2, 0.25) is 0 Å². The molecule has 0 aromatic heterocycles. The Morgan fingerprint density at radius 3 is 1.13 bits per heavy atom. The molecule has 0 spiro atoms. The number of rotatable bonds is 55. The highest BCUT2D eigenvalue weighted by Gasteiger charge is 2.26. The summed E-state index contributed by atoms with van der Waals surface area (Å²) in [4.78, 5) is 35.2. The zero-order valence-electron chi connectivity index (χ0n) is 44.2. The number of carbonyl (C=O) groups excluding carboxylic acids is 2. The van der Waals surface area contributed by atoms with Crippen LogP contribution < -0.4 is 5.73 Å². The molecule has 3 N–H and O–H groups in total. The van der Waals surface area contributed by atoms with Crippen LogP contribution in [0, 0.1) is 0 Å². The lowest BCUT2D eigenvalue weighted by molar-refractivity contribution is -0.161. The van der Waals surface area contributed by atoms with E-state index in [1.165, 1.54) is 212 Å². The van der Waals surface area contributed by atoms with Crippen molar-refractivity contribution in [1.82, 2.24) is 0 Å². The predicted octanol–water partition coefficient (Wildman–Crippen LogP) is 17.9. The molecular weight excluding hydrogens is 858 g/mol. The van der Waals surface area contributed by atoms with Gasteiger partial charge in [0.15, 0.2) is 6.10 Å². The van der Waals surface area contributed by atoms with Crippen molar-refractivity contribution in [2.45, 2.75) is 302 Å². The van der Waals surface area contributed by atoms with E-state index in [1.54, 1.807) is 0 Å². The molecule has 0 bridgehead atoms. The summed E-state index contributed by atoms with van der Waals surface area (Å²) < 4.78 is 33.0. The summed E-state index contributed by atoms with van der Waals surface area (Å²) in [6.07, 6.45) is 62.3. The standard InChI is InChI=1S/C57H110NO8P/c1-3-5-7-9-11-13-15-17-19-21-23-25-26-27-28-30-31-33-35-37-39-41-43-45-47-49-56(59)63-53-55(54-65-67(61,62)64-52-51-58)66-57(60)50-48-46-44-42-40-38-36-34-32-29-24-22-20-18-16-14-12-10-8-6-4-2/h16,18,22,24,55H,3-15,17,19-21,23,25-54,58H2,1-2H3,(H,61,62)/b18-16-,24-22-. The lowest BCUT2D eigenvalue weighted by Crippen LogP contribution is -2.29. The van der Waals surface area contributed by atoms with Crippen LogP contribution in [0.5, 0.6) is 0 Å². The Morgan fingerprint density at radius 1 is 0.448 bits per heavy atom. The van der Waals surface area contributed by atoms with Crippen molar-refractivity contribution >= 4 is 19.8 Å². The first-order chi connectivity index (χ1) is 32.8. The molecule has 9 nitrogen and oxygen atoms in total. The van der Waals surface area contributed by atoms with E-state index >= 15 is 0 Å². The van der Waals surface area contributed by atoms with E-state index in [-0.39, 0.29) is 38.6 Å². The molecule has 0 rings (SSSR count). The lowest BCUT2D eigenvalue weighted by Gasteiger charge is -2.19. The molecule has 0 saturated carbocycles. The van der Waals surface area contributed by atoms with Crippen molar-refractivity contribution in [3.63, 3.8) is 0 Å². The van der Waals surface area contributed by atoms with Gasteiger partial charge in [-0.05, 0) is 44.9 Å². The first kappa shape index (κ1) is 65.5. The van der Waals surface area contributed by atoms with Crippen molar-refractivity contribution < 1.29 is 37.6 Å². The third-order valence-electron chi connectivity index (χ3n) is 12.8. The van der Waals surface area contributed by atoms with Gasteiger partial charge < -0.3 is 20.1 Å². The minimum absolute atomic E-state index is 0.0548. The molecule has 0 saturated heterocycles. The summed E-state index contributed by atoms with van der Waals surface area (Å²) in [5.74, 6) is -0.816. The molecule has 2 atom stereocenters. The van der Waals surface area contributed by atoms with Crippen LogP contribution in [-0.4, -0.2) is 49.3 Å². The molecule has 0 amide bonds. The normalized spacial score (nSPS) is 13.2. The number of hydrogen-bond acceptors (Lipinski definition) is 8. The fourth-order valence-corrected chi connectivity index (χ4v) is 9.32. The van der Waals surface area contributed by atoms with Gasteiger partial charge in [0.25, 0.3) is 0 Å². The second-order valence-corrected chi connectivity index (χ2v) is 21.0. The van der Waals surface area contributed by atoms with Gasteiger partial charge in [0.05, 0.1) is 13.2 Å². The number of phosphoric acid groups is 1. The van der Waals surface area contributed by atoms with Gasteiger partial charge in [-0.25, -0.2) is 4.57 Å². The monoisotopic (exact) mass is 968 g/mol. The number of ether oxygens (including phenoxy) is 2. The van der Waals surface area contributed by atoms with Gasteiger partial charge in [-0.3, -0.25) is 18.6 Å². The molecule has 2 unspecified atom stereocenters. The number of nitrogens with two attached hydrogens (primary N) is 1. The van der Waals surface area contributed by atoms with Crippen molar-refractivity contribution in [3.8, 4) is 0 Å². The number of hydrogen-bond donors (Lipinski definition) is 2. The first-order valence-corrected chi connectivity index (χ1v) is 30.3. The molecule has 0 aliphatic rings. The van der Waals surface area contributed by atoms with E-state index in [1.807, 2.05) is 0 Å². The van der Waals surface area contributed by atoms with E-state index in [0.29, 0.717) is 6.42 Å². The Bertz CT molecular complexity index is 1150. The van der Waals surface area contributed by atoms with Crippen LogP contribution in [-0.2, 0) is 32.7 Å². The molecule has 0 heterocycles. The van der Waals surface area contributed by atoms with Crippen LogP contribution in [0.4, 0.5) is 0 Å². The van der Waals surface area contributed by atoms with E-state index < -0.39 is 26.5 Å². The molecule has 0 aliphatic heterocycles. The van der Waals surface area contributed by atoms with Crippen LogP contribution in [0.1, 0.15) is 296 Å². The van der Waals surface area contributed by atoms with Gasteiger partial charge >= 0.3 is 19.8 Å². The largest absolute Gasteiger partial charge is 0.472 e. The van der Waals surface area contributed by atoms with E-state index in [9.17, 15) is 19.0 Å². The van der Waals surface area contributed by atoms with Gasteiger partial charge in [-0.1, -0.05) is 263 Å². The maximum Gasteiger partial charge on any atom is 0.472 e. The summed E-state index contributed by atoms with van der Waals surface area (Å²) in [5, 5.41) is 0. The Kier molecular flexibility index (Phi) is 52.6. The summed E-state index contributed by atoms with van der Waals surface area (Å²) in [5.41, 5.74) is 5.38. The van der Waals surface area contributed by atoms with E-state index in [0.717, 1.165) is 51.4 Å². The third kappa shape index (κ3) is 53.7. The van der Waals surface area contributed by atoms with E-state index in [4.69, 9.17) is 24.3 Å².